The fourth-order valence-electron chi connectivity index (χ4n) is 2.55. The molecule has 0 fully saturated rings. The molecule has 1 aliphatic heterocycles. The van der Waals surface area contributed by atoms with Crippen molar-refractivity contribution in [2.24, 2.45) is 5.73 Å². The Labute approximate surface area is 116 Å². The molecule has 0 aromatic heterocycles. The van der Waals surface area contributed by atoms with Crippen LogP contribution in [0.2, 0.25) is 0 Å². The van der Waals surface area contributed by atoms with Gasteiger partial charge in [0.25, 0.3) is 0 Å². The van der Waals surface area contributed by atoms with Gasteiger partial charge in [0.15, 0.2) is 0 Å². The molecule has 2 N–H and O–H groups in total. The zero-order chi connectivity index (χ0) is 14.1. The van der Waals surface area contributed by atoms with Crippen LogP contribution >= 0.6 is 0 Å². The molecular weight excluding hydrogens is 260 g/mol. The van der Waals surface area contributed by atoms with Crippen LogP contribution in [0.3, 0.4) is 0 Å². The molecule has 1 aliphatic rings. The number of fused-ring (bicyclic) bond motifs is 1. The molecule has 1 atom stereocenters. The minimum absolute atomic E-state index is 0.0934. The predicted molar refractivity (Wildman–Crippen MR) is 72.6 cm³/mol. The maximum absolute atomic E-state index is 13.8. The number of rotatable bonds is 2. The third-order valence-electron chi connectivity index (χ3n) is 3.60. The summed E-state index contributed by atoms with van der Waals surface area (Å²) in [6.07, 6.45) is 1.84. The van der Waals surface area contributed by atoms with Crippen LogP contribution in [0.1, 0.15) is 29.2 Å². The molecule has 4 heteroatoms. The van der Waals surface area contributed by atoms with Crippen molar-refractivity contribution < 1.29 is 13.5 Å². The number of benzene rings is 2. The molecule has 20 heavy (non-hydrogen) atoms. The third-order valence-corrected chi connectivity index (χ3v) is 3.60. The van der Waals surface area contributed by atoms with Crippen LogP contribution in [0.4, 0.5) is 8.78 Å². The van der Waals surface area contributed by atoms with Gasteiger partial charge in [-0.25, -0.2) is 8.78 Å². The highest BCUT2D eigenvalue weighted by atomic mass is 19.1. The average molecular weight is 275 g/mol. The van der Waals surface area contributed by atoms with E-state index in [4.69, 9.17) is 10.5 Å². The first-order valence-corrected chi connectivity index (χ1v) is 6.62. The average Bonchev–Trinajstić information content (AvgIpc) is 2.46. The standard InChI is InChI=1S/C16H15F2NO/c17-12-4-1-5-13(18)15(12)16(19)11-6-7-14-10(9-11)3-2-8-20-14/h1,4-7,9,16H,2-3,8,19H2. The van der Waals surface area contributed by atoms with E-state index in [1.165, 1.54) is 18.2 Å². The maximum Gasteiger partial charge on any atom is 0.131 e. The lowest BCUT2D eigenvalue weighted by molar-refractivity contribution is 0.288. The second-order valence-electron chi connectivity index (χ2n) is 4.93. The van der Waals surface area contributed by atoms with E-state index in [1.54, 1.807) is 6.07 Å². The van der Waals surface area contributed by atoms with Gasteiger partial charge in [0, 0.05) is 5.56 Å². The molecule has 2 nitrogen and oxygen atoms in total. The quantitative estimate of drug-likeness (QED) is 0.912. The Morgan fingerprint density at radius 1 is 1.10 bits per heavy atom. The summed E-state index contributed by atoms with van der Waals surface area (Å²) in [7, 11) is 0. The minimum atomic E-state index is -0.816. The summed E-state index contributed by atoms with van der Waals surface area (Å²) >= 11 is 0. The summed E-state index contributed by atoms with van der Waals surface area (Å²) < 4.78 is 33.1. The molecule has 0 bridgehead atoms. The van der Waals surface area contributed by atoms with Gasteiger partial charge < -0.3 is 10.5 Å². The normalized spacial score (nSPS) is 15.3. The van der Waals surface area contributed by atoms with Crippen molar-refractivity contribution >= 4 is 0 Å². The molecule has 0 radical (unpaired) electrons. The van der Waals surface area contributed by atoms with Gasteiger partial charge in [-0.15, -0.1) is 0 Å². The lowest BCUT2D eigenvalue weighted by Crippen LogP contribution is -2.17. The topological polar surface area (TPSA) is 35.2 Å². The van der Waals surface area contributed by atoms with Crippen LogP contribution in [0.25, 0.3) is 0 Å². The SMILES string of the molecule is NC(c1ccc2c(c1)CCCO2)c1c(F)cccc1F. The molecule has 0 saturated heterocycles. The number of hydrogen-bond acceptors (Lipinski definition) is 2. The second kappa shape index (κ2) is 5.21. The fourth-order valence-corrected chi connectivity index (χ4v) is 2.55. The van der Waals surface area contributed by atoms with Gasteiger partial charge in [0.1, 0.15) is 17.4 Å². The van der Waals surface area contributed by atoms with E-state index in [0.29, 0.717) is 12.2 Å². The molecule has 104 valence electrons. The van der Waals surface area contributed by atoms with Crippen LogP contribution in [0.15, 0.2) is 36.4 Å². The summed E-state index contributed by atoms with van der Waals surface area (Å²) in [6, 6.07) is 8.43. The number of nitrogens with two attached hydrogens (primary N) is 1. The van der Waals surface area contributed by atoms with E-state index in [1.807, 2.05) is 12.1 Å². The molecule has 0 aliphatic carbocycles. The van der Waals surface area contributed by atoms with Gasteiger partial charge in [-0.2, -0.15) is 0 Å². The first-order valence-electron chi connectivity index (χ1n) is 6.62. The van der Waals surface area contributed by atoms with Gasteiger partial charge in [-0.1, -0.05) is 18.2 Å². The molecule has 0 spiro atoms. The Morgan fingerprint density at radius 3 is 2.60 bits per heavy atom. The maximum atomic E-state index is 13.8. The highest BCUT2D eigenvalue weighted by Crippen LogP contribution is 2.30. The third kappa shape index (κ3) is 2.27. The Balaban J connectivity index is 2.00. The number of aryl methyl sites for hydroxylation is 1. The van der Waals surface area contributed by atoms with E-state index in [0.717, 1.165) is 24.2 Å². The Hall–Kier alpha value is -1.94. The Bertz CT molecular complexity index is 622. The predicted octanol–water partition coefficient (Wildman–Crippen LogP) is 3.34. The van der Waals surface area contributed by atoms with Crippen molar-refractivity contribution in [3.05, 3.63) is 64.7 Å². The molecular formula is C16H15F2NO. The van der Waals surface area contributed by atoms with Crippen LogP contribution in [0, 0.1) is 11.6 Å². The lowest BCUT2D eigenvalue weighted by atomic mass is 9.95. The molecule has 2 aromatic rings. The minimum Gasteiger partial charge on any atom is -0.493 e. The van der Waals surface area contributed by atoms with E-state index >= 15 is 0 Å². The number of hydrogen-bond donors (Lipinski definition) is 1. The number of halogens is 2. The van der Waals surface area contributed by atoms with Crippen molar-refractivity contribution in [1.82, 2.24) is 0 Å². The lowest BCUT2D eigenvalue weighted by Gasteiger charge is -2.20. The van der Waals surface area contributed by atoms with Gasteiger partial charge >= 0.3 is 0 Å². The largest absolute Gasteiger partial charge is 0.493 e. The van der Waals surface area contributed by atoms with Gasteiger partial charge in [0.05, 0.1) is 12.6 Å². The smallest absolute Gasteiger partial charge is 0.131 e. The zero-order valence-electron chi connectivity index (χ0n) is 10.9. The van der Waals surface area contributed by atoms with E-state index in [9.17, 15) is 8.78 Å². The monoisotopic (exact) mass is 275 g/mol. The van der Waals surface area contributed by atoms with Gasteiger partial charge in [0.2, 0.25) is 0 Å². The van der Waals surface area contributed by atoms with Crippen molar-refractivity contribution in [2.45, 2.75) is 18.9 Å². The van der Waals surface area contributed by atoms with E-state index < -0.39 is 17.7 Å². The van der Waals surface area contributed by atoms with Gasteiger partial charge in [-0.05, 0) is 42.2 Å². The summed E-state index contributed by atoms with van der Waals surface area (Å²) in [5, 5.41) is 0. The first kappa shape index (κ1) is 13.1. The van der Waals surface area contributed by atoms with Crippen molar-refractivity contribution in [1.29, 1.82) is 0 Å². The van der Waals surface area contributed by atoms with Crippen LogP contribution in [-0.2, 0) is 6.42 Å². The fraction of sp³-hybridized carbons (Fsp3) is 0.250. The van der Waals surface area contributed by atoms with Crippen molar-refractivity contribution in [3.8, 4) is 5.75 Å². The molecule has 1 unspecified atom stereocenters. The van der Waals surface area contributed by atoms with Crippen LogP contribution < -0.4 is 10.5 Å². The van der Waals surface area contributed by atoms with Gasteiger partial charge in [-0.3, -0.25) is 0 Å². The van der Waals surface area contributed by atoms with E-state index in [-0.39, 0.29) is 5.56 Å². The summed E-state index contributed by atoms with van der Waals surface area (Å²) in [6.45, 7) is 0.709. The Kier molecular flexibility index (Phi) is 3.40. The summed E-state index contributed by atoms with van der Waals surface area (Å²) in [5.74, 6) is -0.404. The van der Waals surface area contributed by atoms with Crippen molar-refractivity contribution in [3.63, 3.8) is 0 Å². The zero-order valence-corrected chi connectivity index (χ0v) is 10.9. The molecule has 2 aromatic carbocycles. The second-order valence-corrected chi connectivity index (χ2v) is 4.93. The van der Waals surface area contributed by atoms with E-state index in [2.05, 4.69) is 0 Å². The molecule has 0 amide bonds. The summed E-state index contributed by atoms with van der Waals surface area (Å²) in [5.41, 5.74) is 7.67. The summed E-state index contributed by atoms with van der Waals surface area (Å²) in [4.78, 5) is 0. The first-order chi connectivity index (χ1) is 9.66. The van der Waals surface area contributed by atoms with Crippen LogP contribution in [-0.4, -0.2) is 6.61 Å². The molecule has 0 saturated carbocycles. The Morgan fingerprint density at radius 2 is 1.85 bits per heavy atom. The number of ether oxygens (including phenoxy) is 1. The van der Waals surface area contributed by atoms with Crippen LogP contribution in [0.5, 0.6) is 5.75 Å². The highest BCUT2D eigenvalue weighted by Gasteiger charge is 2.20. The molecule has 1 heterocycles. The van der Waals surface area contributed by atoms with Crippen molar-refractivity contribution in [2.75, 3.05) is 6.61 Å². The molecule has 3 rings (SSSR count). The highest BCUT2D eigenvalue weighted by molar-refractivity contribution is 5.42.